The third-order valence-electron chi connectivity index (χ3n) is 1.59. The Labute approximate surface area is 84.9 Å². The summed E-state index contributed by atoms with van der Waals surface area (Å²) in [5, 5.41) is 14.2. The predicted octanol–water partition coefficient (Wildman–Crippen LogP) is 1.36. The largest absolute Gasteiger partial charge is 0.497 e. The van der Waals surface area contributed by atoms with Gasteiger partial charge in [0.25, 0.3) is 0 Å². The maximum Gasteiger partial charge on any atom is 0.235 e. The smallest absolute Gasteiger partial charge is 0.235 e. The number of nitrogens with one attached hydrogen (secondary N) is 1. The first-order valence-electron chi connectivity index (χ1n) is 3.94. The topological polar surface area (TPSA) is 63.7 Å². The lowest BCUT2D eigenvalue weighted by Gasteiger charge is -1.99. The molecule has 0 aliphatic rings. The zero-order valence-electron chi connectivity index (χ0n) is 7.47. The fourth-order valence-corrected chi connectivity index (χ4v) is 1.60. The Morgan fingerprint density at radius 2 is 2.07 bits per heavy atom. The Kier molecular flexibility index (Phi) is 2.64. The van der Waals surface area contributed by atoms with Crippen LogP contribution < -0.4 is 4.74 Å². The van der Waals surface area contributed by atoms with Gasteiger partial charge in [-0.05, 0) is 41.2 Å². The third kappa shape index (κ3) is 2.02. The number of aromatic amines is 1. The molecule has 1 heterocycles. The fourth-order valence-electron chi connectivity index (χ4n) is 0.945. The van der Waals surface area contributed by atoms with Crippen LogP contribution in [0.4, 0.5) is 0 Å². The number of nitrogens with zero attached hydrogens (tertiary/aromatic N) is 3. The van der Waals surface area contributed by atoms with Crippen LogP contribution in [0.15, 0.2) is 34.3 Å². The molecule has 2 aromatic rings. The molecule has 0 aliphatic heterocycles. The first-order chi connectivity index (χ1) is 6.88. The molecule has 0 fully saturated rings. The summed E-state index contributed by atoms with van der Waals surface area (Å²) in [7, 11) is 1.64. The Morgan fingerprint density at radius 1 is 1.29 bits per heavy atom. The van der Waals surface area contributed by atoms with Gasteiger partial charge in [0.15, 0.2) is 0 Å². The Bertz CT molecular complexity index is 386. The zero-order chi connectivity index (χ0) is 9.80. The second-order valence-electron chi connectivity index (χ2n) is 2.47. The summed E-state index contributed by atoms with van der Waals surface area (Å²) in [4.78, 5) is 1.05. The number of benzene rings is 1. The van der Waals surface area contributed by atoms with Gasteiger partial charge in [-0.3, -0.25) is 0 Å². The molecule has 72 valence electrons. The summed E-state index contributed by atoms with van der Waals surface area (Å²) >= 11 is 1.44. The van der Waals surface area contributed by atoms with Gasteiger partial charge in [-0.25, -0.2) is 0 Å². The van der Waals surface area contributed by atoms with Crippen molar-refractivity contribution in [3.8, 4) is 5.75 Å². The van der Waals surface area contributed by atoms with Crippen LogP contribution in [0.2, 0.25) is 0 Å². The molecule has 0 aliphatic carbocycles. The Hall–Kier alpha value is -1.56. The second-order valence-corrected chi connectivity index (χ2v) is 3.51. The monoisotopic (exact) mass is 208 g/mol. The van der Waals surface area contributed by atoms with Crippen molar-refractivity contribution < 1.29 is 4.74 Å². The lowest BCUT2D eigenvalue weighted by Crippen LogP contribution is -1.81. The highest BCUT2D eigenvalue weighted by Gasteiger charge is 2.01. The van der Waals surface area contributed by atoms with E-state index < -0.39 is 0 Å². The van der Waals surface area contributed by atoms with Crippen LogP contribution in [-0.2, 0) is 0 Å². The van der Waals surface area contributed by atoms with Gasteiger partial charge >= 0.3 is 0 Å². The second kappa shape index (κ2) is 4.10. The number of hydrogen-bond donors (Lipinski definition) is 1. The molecule has 0 amide bonds. The van der Waals surface area contributed by atoms with Gasteiger partial charge in [0.2, 0.25) is 5.16 Å². The molecular weight excluding hydrogens is 200 g/mol. The molecule has 0 radical (unpaired) electrons. The molecular formula is C8H8N4OS. The van der Waals surface area contributed by atoms with E-state index in [0.717, 1.165) is 10.6 Å². The van der Waals surface area contributed by atoms with Gasteiger partial charge in [0.1, 0.15) is 5.75 Å². The van der Waals surface area contributed by atoms with E-state index in [2.05, 4.69) is 20.6 Å². The molecule has 0 unspecified atom stereocenters. The number of ether oxygens (including phenoxy) is 1. The highest BCUT2D eigenvalue weighted by atomic mass is 32.2. The minimum atomic E-state index is 0.607. The number of methoxy groups -OCH3 is 1. The van der Waals surface area contributed by atoms with E-state index in [1.165, 1.54) is 11.8 Å². The molecule has 1 N–H and O–H groups in total. The molecule has 0 atom stereocenters. The highest BCUT2D eigenvalue weighted by Crippen LogP contribution is 2.25. The van der Waals surface area contributed by atoms with E-state index in [-0.39, 0.29) is 0 Å². The number of hydrogen-bond acceptors (Lipinski definition) is 5. The van der Waals surface area contributed by atoms with Crippen LogP contribution in [0.1, 0.15) is 0 Å². The summed E-state index contributed by atoms with van der Waals surface area (Å²) in [5.41, 5.74) is 0. The molecule has 5 nitrogen and oxygen atoms in total. The van der Waals surface area contributed by atoms with Gasteiger partial charge in [-0.1, -0.05) is 0 Å². The van der Waals surface area contributed by atoms with Crippen LogP contribution in [0, 0.1) is 0 Å². The van der Waals surface area contributed by atoms with Crippen molar-refractivity contribution >= 4 is 11.8 Å². The summed E-state index contributed by atoms with van der Waals surface area (Å²) in [6, 6.07) is 7.67. The third-order valence-corrected chi connectivity index (χ3v) is 2.46. The lowest BCUT2D eigenvalue weighted by atomic mass is 10.3. The van der Waals surface area contributed by atoms with E-state index in [4.69, 9.17) is 4.74 Å². The number of tetrazole rings is 1. The van der Waals surface area contributed by atoms with Crippen molar-refractivity contribution in [2.75, 3.05) is 7.11 Å². The summed E-state index contributed by atoms with van der Waals surface area (Å²) in [6.45, 7) is 0. The van der Waals surface area contributed by atoms with Crippen molar-refractivity contribution in [1.82, 2.24) is 20.6 Å². The summed E-state index contributed by atoms with van der Waals surface area (Å²) in [6.07, 6.45) is 0. The van der Waals surface area contributed by atoms with E-state index in [1.54, 1.807) is 7.11 Å². The van der Waals surface area contributed by atoms with Gasteiger partial charge in [-0.15, -0.1) is 10.2 Å². The van der Waals surface area contributed by atoms with Crippen LogP contribution in [0.25, 0.3) is 0 Å². The van der Waals surface area contributed by atoms with E-state index in [1.807, 2.05) is 24.3 Å². The standard InChI is InChI=1S/C8H8N4OS/c1-13-6-2-4-7(5-3-6)14-8-9-11-12-10-8/h2-5H,1H3,(H,9,10,11,12). The Morgan fingerprint density at radius 3 is 2.64 bits per heavy atom. The average molecular weight is 208 g/mol. The van der Waals surface area contributed by atoms with Crippen molar-refractivity contribution in [2.24, 2.45) is 0 Å². The number of rotatable bonds is 3. The van der Waals surface area contributed by atoms with Gasteiger partial charge < -0.3 is 4.74 Å². The maximum absolute atomic E-state index is 5.05. The summed E-state index contributed by atoms with van der Waals surface area (Å²) in [5.74, 6) is 0.836. The molecule has 6 heteroatoms. The SMILES string of the molecule is COc1ccc(Sc2nn[nH]n2)cc1. The van der Waals surface area contributed by atoms with Gasteiger partial charge in [-0.2, -0.15) is 5.21 Å². The molecule has 2 rings (SSSR count). The van der Waals surface area contributed by atoms with Crippen LogP contribution >= 0.6 is 11.8 Å². The predicted molar refractivity (Wildman–Crippen MR) is 51.3 cm³/mol. The molecule has 0 saturated heterocycles. The average Bonchev–Trinajstić information content (AvgIpc) is 2.72. The minimum absolute atomic E-state index is 0.607. The number of H-pyrrole nitrogens is 1. The first-order valence-corrected chi connectivity index (χ1v) is 4.75. The van der Waals surface area contributed by atoms with Crippen LogP contribution in [0.5, 0.6) is 5.75 Å². The van der Waals surface area contributed by atoms with E-state index in [0.29, 0.717) is 5.16 Å². The molecule has 0 spiro atoms. The van der Waals surface area contributed by atoms with Crippen LogP contribution in [-0.4, -0.2) is 27.7 Å². The van der Waals surface area contributed by atoms with Crippen molar-refractivity contribution in [3.63, 3.8) is 0 Å². The number of aromatic nitrogens is 4. The zero-order valence-corrected chi connectivity index (χ0v) is 8.28. The van der Waals surface area contributed by atoms with Crippen molar-refractivity contribution in [3.05, 3.63) is 24.3 Å². The maximum atomic E-state index is 5.05. The fraction of sp³-hybridized carbons (Fsp3) is 0.125. The van der Waals surface area contributed by atoms with E-state index >= 15 is 0 Å². The van der Waals surface area contributed by atoms with Gasteiger partial charge in [0.05, 0.1) is 7.11 Å². The van der Waals surface area contributed by atoms with E-state index in [9.17, 15) is 0 Å². The lowest BCUT2D eigenvalue weighted by molar-refractivity contribution is 0.414. The van der Waals surface area contributed by atoms with Crippen molar-refractivity contribution in [1.29, 1.82) is 0 Å². The molecule has 14 heavy (non-hydrogen) atoms. The Balaban J connectivity index is 2.10. The van der Waals surface area contributed by atoms with Crippen molar-refractivity contribution in [2.45, 2.75) is 10.1 Å². The normalized spacial score (nSPS) is 10.1. The molecule has 0 bridgehead atoms. The molecule has 1 aromatic carbocycles. The quantitative estimate of drug-likeness (QED) is 0.825. The van der Waals surface area contributed by atoms with Gasteiger partial charge in [0, 0.05) is 4.90 Å². The molecule has 1 aromatic heterocycles. The highest BCUT2D eigenvalue weighted by molar-refractivity contribution is 7.99. The minimum Gasteiger partial charge on any atom is -0.497 e. The summed E-state index contributed by atoms with van der Waals surface area (Å²) < 4.78 is 5.05. The van der Waals surface area contributed by atoms with Crippen LogP contribution in [0.3, 0.4) is 0 Å². The molecule has 0 saturated carbocycles. The first kappa shape index (κ1) is 9.01.